The van der Waals surface area contributed by atoms with Crippen LogP contribution in [-0.4, -0.2) is 47.5 Å². The fourth-order valence-corrected chi connectivity index (χ4v) is 1.81. The van der Waals surface area contributed by atoms with E-state index in [1.807, 2.05) is 19.2 Å². The van der Waals surface area contributed by atoms with Crippen molar-refractivity contribution in [3.63, 3.8) is 0 Å². The SMILES string of the molecule is CC(Cn1cccn1)NC(=O)C1COCCN1.Cl.Cl. The first-order valence-electron chi connectivity index (χ1n) is 5.84. The molecule has 1 amide bonds. The van der Waals surface area contributed by atoms with E-state index < -0.39 is 0 Å². The molecule has 0 aromatic carbocycles. The van der Waals surface area contributed by atoms with E-state index in [2.05, 4.69) is 15.7 Å². The summed E-state index contributed by atoms with van der Waals surface area (Å²) in [5.74, 6) is -0.00986. The van der Waals surface area contributed by atoms with E-state index in [-0.39, 0.29) is 42.8 Å². The number of hydrogen-bond acceptors (Lipinski definition) is 4. The number of rotatable bonds is 4. The minimum absolute atomic E-state index is 0. The predicted molar refractivity (Wildman–Crippen MR) is 76.9 cm³/mol. The number of nitrogens with zero attached hydrogens (tertiary/aromatic N) is 2. The van der Waals surface area contributed by atoms with Crippen LogP contribution in [0.5, 0.6) is 0 Å². The largest absolute Gasteiger partial charge is 0.378 e. The number of aromatic nitrogens is 2. The Morgan fingerprint density at radius 3 is 3.00 bits per heavy atom. The van der Waals surface area contributed by atoms with Crippen molar-refractivity contribution >= 4 is 30.7 Å². The predicted octanol–water partition coefficient (Wildman–Crippen LogP) is 0.220. The van der Waals surface area contributed by atoms with Crippen molar-refractivity contribution in [1.82, 2.24) is 20.4 Å². The molecule has 0 aliphatic carbocycles. The molecule has 2 unspecified atom stereocenters. The lowest BCUT2D eigenvalue weighted by molar-refractivity contribution is -0.126. The molecule has 0 spiro atoms. The van der Waals surface area contributed by atoms with Gasteiger partial charge in [-0.1, -0.05) is 0 Å². The fourth-order valence-electron chi connectivity index (χ4n) is 1.81. The second-order valence-corrected chi connectivity index (χ2v) is 4.22. The lowest BCUT2D eigenvalue weighted by Crippen LogP contribution is -2.53. The van der Waals surface area contributed by atoms with Gasteiger partial charge >= 0.3 is 0 Å². The van der Waals surface area contributed by atoms with Crippen LogP contribution in [0.15, 0.2) is 18.5 Å². The van der Waals surface area contributed by atoms with Gasteiger partial charge < -0.3 is 15.4 Å². The molecule has 1 saturated heterocycles. The summed E-state index contributed by atoms with van der Waals surface area (Å²) in [5, 5.41) is 10.2. The monoisotopic (exact) mass is 310 g/mol. The Hall–Kier alpha value is -0.820. The highest BCUT2D eigenvalue weighted by molar-refractivity contribution is 5.85. The Balaban J connectivity index is 0.00000162. The van der Waals surface area contributed by atoms with Gasteiger partial charge in [-0.15, -0.1) is 24.8 Å². The highest BCUT2D eigenvalue weighted by Crippen LogP contribution is 1.96. The van der Waals surface area contributed by atoms with E-state index in [0.29, 0.717) is 19.8 Å². The number of nitrogens with one attached hydrogen (secondary N) is 2. The molecule has 19 heavy (non-hydrogen) atoms. The van der Waals surface area contributed by atoms with Gasteiger partial charge in [0.25, 0.3) is 0 Å². The van der Waals surface area contributed by atoms with Gasteiger partial charge in [0.15, 0.2) is 0 Å². The summed E-state index contributed by atoms with van der Waals surface area (Å²) >= 11 is 0. The Labute approximate surface area is 125 Å². The molecular weight excluding hydrogens is 291 g/mol. The Morgan fingerprint density at radius 2 is 2.42 bits per heavy atom. The van der Waals surface area contributed by atoms with Crippen LogP contribution in [0, 0.1) is 0 Å². The summed E-state index contributed by atoms with van der Waals surface area (Å²) in [6.07, 6.45) is 3.61. The third-order valence-corrected chi connectivity index (χ3v) is 2.65. The summed E-state index contributed by atoms with van der Waals surface area (Å²) < 4.78 is 7.05. The quantitative estimate of drug-likeness (QED) is 0.835. The van der Waals surface area contributed by atoms with Gasteiger partial charge in [-0.3, -0.25) is 9.48 Å². The Bertz CT molecular complexity index is 356. The maximum absolute atomic E-state index is 11.9. The van der Waals surface area contributed by atoms with Gasteiger partial charge in [0.1, 0.15) is 6.04 Å². The minimum Gasteiger partial charge on any atom is -0.378 e. The van der Waals surface area contributed by atoms with E-state index in [1.54, 1.807) is 10.9 Å². The second kappa shape index (κ2) is 9.14. The summed E-state index contributed by atoms with van der Waals surface area (Å²) in [5.41, 5.74) is 0. The maximum atomic E-state index is 11.9. The number of hydrogen-bond donors (Lipinski definition) is 2. The third-order valence-electron chi connectivity index (χ3n) is 2.65. The van der Waals surface area contributed by atoms with Crippen LogP contribution in [0.2, 0.25) is 0 Å². The number of carbonyl (C=O) groups excluding carboxylic acids is 1. The van der Waals surface area contributed by atoms with E-state index in [4.69, 9.17) is 4.74 Å². The van der Waals surface area contributed by atoms with Crippen molar-refractivity contribution in [3.8, 4) is 0 Å². The molecule has 2 N–H and O–H groups in total. The molecule has 1 aliphatic rings. The lowest BCUT2D eigenvalue weighted by Gasteiger charge is -2.24. The molecule has 1 aliphatic heterocycles. The molecular formula is C11H20Cl2N4O2. The standard InChI is InChI=1S/C11H18N4O2.2ClH/c1-9(7-15-5-2-3-13-15)14-11(16)10-8-17-6-4-12-10;;/h2-3,5,9-10,12H,4,6-8H2,1H3,(H,14,16);2*1H. The van der Waals surface area contributed by atoms with Crippen LogP contribution in [-0.2, 0) is 16.1 Å². The minimum atomic E-state index is -0.233. The molecule has 2 heterocycles. The van der Waals surface area contributed by atoms with Crippen LogP contribution in [0.25, 0.3) is 0 Å². The normalized spacial score (nSPS) is 19.7. The summed E-state index contributed by atoms with van der Waals surface area (Å²) in [7, 11) is 0. The summed E-state index contributed by atoms with van der Waals surface area (Å²) in [6, 6.07) is 1.68. The first kappa shape index (κ1) is 18.2. The van der Waals surface area contributed by atoms with Crippen molar-refractivity contribution in [3.05, 3.63) is 18.5 Å². The highest BCUT2D eigenvalue weighted by atomic mass is 35.5. The molecule has 2 atom stereocenters. The molecule has 110 valence electrons. The van der Waals surface area contributed by atoms with Crippen molar-refractivity contribution in [2.75, 3.05) is 19.8 Å². The van der Waals surface area contributed by atoms with Crippen molar-refractivity contribution in [2.45, 2.75) is 25.6 Å². The highest BCUT2D eigenvalue weighted by Gasteiger charge is 2.22. The molecule has 0 radical (unpaired) electrons. The second-order valence-electron chi connectivity index (χ2n) is 4.22. The number of halogens is 2. The maximum Gasteiger partial charge on any atom is 0.239 e. The van der Waals surface area contributed by atoms with Gasteiger partial charge in [-0.2, -0.15) is 5.10 Å². The Morgan fingerprint density at radius 1 is 1.63 bits per heavy atom. The summed E-state index contributed by atoms with van der Waals surface area (Å²) in [4.78, 5) is 11.9. The molecule has 0 bridgehead atoms. The van der Waals surface area contributed by atoms with E-state index in [1.165, 1.54) is 0 Å². The van der Waals surface area contributed by atoms with Crippen LogP contribution in [0.4, 0.5) is 0 Å². The number of morpholine rings is 1. The van der Waals surface area contributed by atoms with E-state index >= 15 is 0 Å². The van der Waals surface area contributed by atoms with Gasteiger partial charge in [0.2, 0.25) is 5.91 Å². The zero-order chi connectivity index (χ0) is 12.1. The molecule has 1 aromatic rings. The molecule has 6 nitrogen and oxygen atoms in total. The van der Waals surface area contributed by atoms with Crippen LogP contribution < -0.4 is 10.6 Å². The van der Waals surface area contributed by atoms with Crippen LogP contribution in [0.1, 0.15) is 6.92 Å². The van der Waals surface area contributed by atoms with Gasteiger partial charge in [0.05, 0.1) is 19.8 Å². The van der Waals surface area contributed by atoms with Crippen molar-refractivity contribution < 1.29 is 9.53 Å². The average molecular weight is 311 g/mol. The number of carbonyl (C=O) groups is 1. The van der Waals surface area contributed by atoms with Crippen molar-refractivity contribution in [1.29, 1.82) is 0 Å². The fraction of sp³-hybridized carbons (Fsp3) is 0.636. The molecule has 2 rings (SSSR count). The van der Waals surface area contributed by atoms with E-state index in [0.717, 1.165) is 6.54 Å². The molecule has 1 fully saturated rings. The third kappa shape index (κ3) is 5.78. The van der Waals surface area contributed by atoms with Gasteiger partial charge in [-0.05, 0) is 13.0 Å². The van der Waals surface area contributed by atoms with Crippen molar-refractivity contribution in [2.24, 2.45) is 0 Å². The first-order valence-corrected chi connectivity index (χ1v) is 5.84. The zero-order valence-electron chi connectivity index (χ0n) is 10.7. The van der Waals surface area contributed by atoms with E-state index in [9.17, 15) is 4.79 Å². The van der Waals surface area contributed by atoms with Gasteiger partial charge in [-0.25, -0.2) is 0 Å². The summed E-state index contributed by atoms with van der Waals surface area (Å²) in [6.45, 7) is 4.48. The first-order chi connectivity index (χ1) is 8.25. The van der Waals surface area contributed by atoms with Gasteiger partial charge in [0, 0.05) is 25.0 Å². The lowest BCUT2D eigenvalue weighted by atomic mass is 10.2. The molecule has 0 saturated carbocycles. The Kier molecular flexibility index (Phi) is 8.75. The topological polar surface area (TPSA) is 68.2 Å². The van der Waals surface area contributed by atoms with Crippen LogP contribution >= 0.6 is 24.8 Å². The number of amides is 1. The molecule has 1 aromatic heterocycles. The zero-order valence-corrected chi connectivity index (χ0v) is 12.4. The average Bonchev–Trinajstić information content (AvgIpc) is 2.82. The number of ether oxygens (including phenoxy) is 1. The smallest absolute Gasteiger partial charge is 0.239 e. The van der Waals surface area contributed by atoms with Crippen LogP contribution in [0.3, 0.4) is 0 Å². The molecule has 8 heteroatoms.